The van der Waals surface area contributed by atoms with Gasteiger partial charge in [0.1, 0.15) is 11.6 Å². The molecular weight excluding hydrogens is 228 g/mol. The Hall–Kier alpha value is -1.49. The summed E-state index contributed by atoms with van der Waals surface area (Å²) in [5, 5.41) is 8.74. The van der Waals surface area contributed by atoms with Gasteiger partial charge in [0.05, 0.1) is 5.92 Å². The Morgan fingerprint density at radius 2 is 1.94 bits per heavy atom. The lowest BCUT2D eigenvalue weighted by Gasteiger charge is -2.41. The molecule has 1 heterocycles. The maximum atomic E-state index is 13.5. The van der Waals surface area contributed by atoms with E-state index in [2.05, 4.69) is 0 Å². The fraction of sp³-hybridized carbons (Fsp3) is 0.417. The summed E-state index contributed by atoms with van der Waals surface area (Å²) in [6, 6.07) is 3.30. The lowest BCUT2D eigenvalue weighted by molar-refractivity contribution is -0.148. The highest BCUT2D eigenvalue weighted by Crippen LogP contribution is 2.31. The predicted octanol–water partition coefficient (Wildman–Crippen LogP) is 2.04. The van der Waals surface area contributed by atoms with Gasteiger partial charge >= 0.3 is 5.97 Å². The van der Waals surface area contributed by atoms with Crippen LogP contribution in [0.4, 0.5) is 8.78 Å². The molecule has 1 unspecified atom stereocenters. The summed E-state index contributed by atoms with van der Waals surface area (Å²) in [4.78, 5) is 12.4. The van der Waals surface area contributed by atoms with Gasteiger partial charge in [0.25, 0.3) is 0 Å². The molecule has 1 N–H and O–H groups in total. The van der Waals surface area contributed by atoms with Crippen LogP contribution < -0.4 is 0 Å². The third-order valence-electron chi connectivity index (χ3n) is 3.22. The number of rotatable bonds is 3. The number of carbonyl (C=O) groups is 1. The van der Waals surface area contributed by atoms with Crippen LogP contribution >= 0.6 is 0 Å². The van der Waals surface area contributed by atoms with E-state index in [4.69, 9.17) is 5.11 Å². The number of benzene rings is 1. The molecule has 0 spiro atoms. The van der Waals surface area contributed by atoms with Crippen molar-refractivity contribution in [2.45, 2.75) is 13.0 Å². The van der Waals surface area contributed by atoms with Crippen LogP contribution in [0, 0.1) is 17.6 Å². The molecule has 5 heteroatoms. The summed E-state index contributed by atoms with van der Waals surface area (Å²) >= 11 is 0. The van der Waals surface area contributed by atoms with Crippen molar-refractivity contribution in [3.63, 3.8) is 0 Å². The third-order valence-corrected chi connectivity index (χ3v) is 3.22. The fourth-order valence-corrected chi connectivity index (χ4v) is 2.08. The summed E-state index contributed by atoms with van der Waals surface area (Å²) in [5.41, 5.74) is 0.0105. The molecule has 3 nitrogen and oxygen atoms in total. The van der Waals surface area contributed by atoms with Gasteiger partial charge in [-0.1, -0.05) is 6.07 Å². The Balaban J connectivity index is 2.11. The van der Waals surface area contributed by atoms with Crippen LogP contribution in [0.1, 0.15) is 18.5 Å². The summed E-state index contributed by atoms with van der Waals surface area (Å²) in [6.45, 7) is 2.36. The Bertz CT molecular complexity index is 424. The van der Waals surface area contributed by atoms with E-state index in [1.807, 2.05) is 0 Å². The summed E-state index contributed by atoms with van der Waals surface area (Å²) < 4.78 is 27.0. The Morgan fingerprint density at radius 3 is 2.41 bits per heavy atom. The molecule has 1 saturated heterocycles. The fourth-order valence-electron chi connectivity index (χ4n) is 2.08. The minimum atomic E-state index is -0.859. The molecule has 1 atom stereocenters. The maximum Gasteiger partial charge on any atom is 0.309 e. The molecule has 0 aromatic heterocycles. The van der Waals surface area contributed by atoms with Crippen LogP contribution in [0.5, 0.6) is 0 Å². The molecule has 1 aromatic rings. The molecule has 1 aliphatic heterocycles. The number of aliphatic carboxylic acids is 1. The van der Waals surface area contributed by atoms with Gasteiger partial charge in [0, 0.05) is 24.7 Å². The number of carboxylic acid groups (broad SMARTS) is 1. The Kier molecular flexibility index (Phi) is 3.11. The van der Waals surface area contributed by atoms with Crippen molar-refractivity contribution in [1.82, 2.24) is 4.90 Å². The number of hydrogen-bond acceptors (Lipinski definition) is 2. The first-order chi connectivity index (χ1) is 8.00. The highest BCUT2D eigenvalue weighted by Gasteiger charge is 2.37. The average Bonchev–Trinajstić information content (AvgIpc) is 2.13. The second-order valence-electron chi connectivity index (χ2n) is 4.30. The molecule has 1 aromatic carbocycles. The van der Waals surface area contributed by atoms with Crippen LogP contribution in [0.2, 0.25) is 0 Å². The molecule has 92 valence electrons. The van der Waals surface area contributed by atoms with E-state index in [1.54, 1.807) is 11.8 Å². The topological polar surface area (TPSA) is 40.5 Å². The van der Waals surface area contributed by atoms with E-state index in [-0.39, 0.29) is 5.56 Å². The van der Waals surface area contributed by atoms with E-state index < -0.39 is 29.6 Å². The normalized spacial score (nSPS) is 18.8. The standard InChI is InChI=1S/C12H13F2NO2/c1-7(15-5-8(6-15)12(16)17)11-9(13)3-2-4-10(11)14/h2-4,7-8H,5-6H2,1H3,(H,16,17). The van der Waals surface area contributed by atoms with Crippen LogP contribution in [0.25, 0.3) is 0 Å². The molecule has 1 aliphatic rings. The van der Waals surface area contributed by atoms with E-state index in [0.29, 0.717) is 13.1 Å². The predicted molar refractivity (Wildman–Crippen MR) is 57.5 cm³/mol. The van der Waals surface area contributed by atoms with Gasteiger partial charge in [-0.25, -0.2) is 8.78 Å². The number of carboxylic acids is 1. The van der Waals surface area contributed by atoms with E-state index in [1.165, 1.54) is 18.2 Å². The monoisotopic (exact) mass is 241 g/mol. The summed E-state index contributed by atoms with van der Waals surface area (Å²) in [5.74, 6) is -2.46. The van der Waals surface area contributed by atoms with Crippen LogP contribution in [0.3, 0.4) is 0 Å². The highest BCUT2D eigenvalue weighted by molar-refractivity contribution is 5.71. The van der Waals surface area contributed by atoms with Crippen LogP contribution in [-0.2, 0) is 4.79 Å². The average molecular weight is 241 g/mol. The molecule has 2 rings (SSSR count). The van der Waals surface area contributed by atoms with E-state index in [9.17, 15) is 13.6 Å². The third kappa shape index (κ3) is 2.15. The molecule has 17 heavy (non-hydrogen) atoms. The van der Waals surface area contributed by atoms with Crippen molar-refractivity contribution in [1.29, 1.82) is 0 Å². The van der Waals surface area contributed by atoms with Crippen molar-refractivity contribution < 1.29 is 18.7 Å². The first-order valence-electron chi connectivity index (χ1n) is 5.41. The van der Waals surface area contributed by atoms with Gasteiger partial charge in [-0.3, -0.25) is 9.69 Å². The molecule has 0 radical (unpaired) electrons. The van der Waals surface area contributed by atoms with Crippen molar-refractivity contribution in [2.24, 2.45) is 5.92 Å². The first kappa shape index (κ1) is 12.0. The Morgan fingerprint density at radius 1 is 1.41 bits per heavy atom. The van der Waals surface area contributed by atoms with E-state index in [0.717, 1.165) is 0 Å². The number of hydrogen-bond donors (Lipinski definition) is 1. The van der Waals surface area contributed by atoms with Gasteiger partial charge in [-0.15, -0.1) is 0 Å². The lowest BCUT2D eigenvalue weighted by atomic mass is 9.95. The zero-order chi connectivity index (χ0) is 12.6. The molecular formula is C12H13F2NO2. The second kappa shape index (κ2) is 4.41. The first-order valence-corrected chi connectivity index (χ1v) is 5.41. The molecule has 0 saturated carbocycles. The lowest BCUT2D eigenvalue weighted by Crippen LogP contribution is -2.51. The number of nitrogens with zero attached hydrogens (tertiary/aromatic N) is 1. The van der Waals surface area contributed by atoms with Gasteiger partial charge in [-0.2, -0.15) is 0 Å². The van der Waals surface area contributed by atoms with Crippen molar-refractivity contribution in [2.75, 3.05) is 13.1 Å². The quantitative estimate of drug-likeness (QED) is 0.880. The molecule has 1 fully saturated rings. The highest BCUT2D eigenvalue weighted by atomic mass is 19.1. The van der Waals surface area contributed by atoms with Crippen LogP contribution in [-0.4, -0.2) is 29.1 Å². The molecule has 0 aliphatic carbocycles. The van der Waals surface area contributed by atoms with Crippen molar-refractivity contribution >= 4 is 5.97 Å². The van der Waals surface area contributed by atoms with E-state index >= 15 is 0 Å². The summed E-state index contributed by atoms with van der Waals surface area (Å²) in [6.07, 6.45) is 0. The van der Waals surface area contributed by atoms with Gasteiger partial charge in [-0.05, 0) is 19.1 Å². The smallest absolute Gasteiger partial charge is 0.309 e. The second-order valence-corrected chi connectivity index (χ2v) is 4.30. The maximum absolute atomic E-state index is 13.5. The summed E-state index contributed by atoms with van der Waals surface area (Å²) in [7, 11) is 0. The minimum absolute atomic E-state index is 0.0105. The largest absolute Gasteiger partial charge is 0.481 e. The van der Waals surface area contributed by atoms with Crippen LogP contribution in [0.15, 0.2) is 18.2 Å². The zero-order valence-electron chi connectivity index (χ0n) is 9.36. The van der Waals surface area contributed by atoms with Crippen molar-refractivity contribution in [3.05, 3.63) is 35.4 Å². The minimum Gasteiger partial charge on any atom is -0.481 e. The Labute approximate surface area is 97.7 Å². The van der Waals surface area contributed by atoms with Gasteiger partial charge < -0.3 is 5.11 Å². The van der Waals surface area contributed by atoms with Gasteiger partial charge in [0.2, 0.25) is 0 Å². The molecule has 0 bridgehead atoms. The van der Waals surface area contributed by atoms with Crippen molar-refractivity contribution in [3.8, 4) is 0 Å². The zero-order valence-corrected chi connectivity index (χ0v) is 9.36. The van der Waals surface area contributed by atoms with Gasteiger partial charge in [0.15, 0.2) is 0 Å². The number of likely N-dealkylation sites (tertiary alicyclic amines) is 1. The molecule has 0 amide bonds. The number of halogens is 2. The SMILES string of the molecule is CC(c1c(F)cccc1F)N1CC(C(=O)O)C1.